The molecule has 2 atom stereocenters. The average Bonchev–Trinajstić information content (AvgIpc) is 2.53. The molecule has 1 aliphatic rings. The van der Waals surface area contributed by atoms with E-state index < -0.39 is 5.60 Å². The van der Waals surface area contributed by atoms with E-state index in [1.807, 2.05) is 39.5 Å². The Bertz CT molecular complexity index is 571. The Balaban J connectivity index is 2.00. The zero-order chi connectivity index (χ0) is 18.4. The Morgan fingerprint density at radius 3 is 2.80 bits per heavy atom. The fraction of sp³-hybridized carbons (Fsp3) is 0.650. The summed E-state index contributed by atoms with van der Waals surface area (Å²) in [5.41, 5.74) is 1.79. The molecule has 0 spiro atoms. The topological polar surface area (TPSA) is 41.6 Å². The van der Waals surface area contributed by atoms with Crippen molar-refractivity contribution in [2.45, 2.75) is 70.9 Å². The number of benzene rings is 1. The molecule has 1 amide bonds. The number of amides is 1. The molecule has 25 heavy (non-hydrogen) atoms. The minimum Gasteiger partial charge on any atom is -0.444 e. The fourth-order valence-electron chi connectivity index (χ4n) is 2.94. The van der Waals surface area contributed by atoms with Crippen LogP contribution in [0.25, 0.3) is 0 Å². The van der Waals surface area contributed by atoms with Gasteiger partial charge >= 0.3 is 6.09 Å². The second-order valence-electron chi connectivity index (χ2n) is 7.66. The van der Waals surface area contributed by atoms with Crippen LogP contribution >= 0.6 is 11.8 Å². The molecule has 1 aromatic carbocycles. The number of nitrogens with one attached hydrogen (secondary N) is 1. The normalized spacial score (nSPS) is 20.8. The number of ether oxygens (including phenoxy) is 1. The summed E-state index contributed by atoms with van der Waals surface area (Å²) < 4.78 is 5.50. The molecule has 1 heterocycles. The van der Waals surface area contributed by atoms with E-state index in [0.717, 1.165) is 11.3 Å². The van der Waals surface area contributed by atoms with Gasteiger partial charge in [-0.25, -0.2) is 4.79 Å². The monoisotopic (exact) mass is 364 g/mol. The largest absolute Gasteiger partial charge is 0.444 e. The van der Waals surface area contributed by atoms with Gasteiger partial charge in [-0.3, -0.25) is 0 Å². The van der Waals surface area contributed by atoms with Gasteiger partial charge in [0.05, 0.1) is 0 Å². The Morgan fingerprint density at radius 1 is 1.40 bits per heavy atom. The lowest BCUT2D eigenvalue weighted by Crippen LogP contribution is -2.36. The zero-order valence-corrected chi connectivity index (χ0v) is 17.0. The molecule has 0 aliphatic carbocycles. The molecule has 1 aliphatic heterocycles. The Labute approximate surface area is 156 Å². The van der Waals surface area contributed by atoms with Gasteiger partial charge < -0.3 is 15.0 Å². The van der Waals surface area contributed by atoms with Gasteiger partial charge in [-0.2, -0.15) is 11.8 Å². The highest BCUT2D eigenvalue weighted by Gasteiger charge is 2.23. The van der Waals surface area contributed by atoms with E-state index in [9.17, 15) is 4.79 Å². The smallest absolute Gasteiger partial charge is 0.410 e. The van der Waals surface area contributed by atoms with Crippen LogP contribution in [0.4, 0.5) is 10.5 Å². The molecule has 0 bridgehead atoms. The van der Waals surface area contributed by atoms with Crippen LogP contribution < -0.4 is 5.32 Å². The summed E-state index contributed by atoms with van der Waals surface area (Å²) in [7, 11) is 0. The van der Waals surface area contributed by atoms with Crippen molar-refractivity contribution in [3.8, 4) is 0 Å². The maximum atomic E-state index is 12.3. The van der Waals surface area contributed by atoms with Crippen molar-refractivity contribution in [2.75, 3.05) is 17.6 Å². The number of rotatable bonds is 5. The van der Waals surface area contributed by atoms with Gasteiger partial charge in [-0.15, -0.1) is 0 Å². The fourth-order valence-corrected chi connectivity index (χ4v) is 4.08. The summed E-state index contributed by atoms with van der Waals surface area (Å²) in [4.78, 5) is 14.1. The third-order valence-corrected chi connectivity index (χ3v) is 5.67. The van der Waals surface area contributed by atoms with E-state index in [4.69, 9.17) is 4.74 Å². The van der Waals surface area contributed by atoms with Gasteiger partial charge in [-0.05, 0) is 64.0 Å². The predicted octanol–water partition coefficient (Wildman–Crippen LogP) is 5.14. The summed E-state index contributed by atoms with van der Waals surface area (Å²) in [5, 5.41) is 4.31. The second-order valence-corrected chi connectivity index (χ2v) is 9.15. The van der Waals surface area contributed by atoms with Crippen LogP contribution in [0.15, 0.2) is 24.3 Å². The SMILES string of the molecule is CCN(Cc1cccc(NC2CCCSC2C)c1)C(=O)OC(C)(C)C. The second kappa shape index (κ2) is 8.84. The number of carbonyl (C=O) groups is 1. The maximum absolute atomic E-state index is 12.3. The van der Waals surface area contributed by atoms with Crippen molar-refractivity contribution in [2.24, 2.45) is 0 Å². The third-order valence-electron chi connectivity index (χ3n) is 4.29. The molecule has 1 saturated heterocycles. The van der Waals surface area contributed by atoms with E-state index in [-0.39, 0.29) is 6.09 Å². The molecule has 2 rings (SSSR count). The number of hydrogen-bond acceptors (Lipinski definition) is 4. The summed E-state index contributed by atoms with van der Waals surface area (Å²) in [6, 6.07) is 8.90. The highest BCUT2D eigenvalue weighted by molar-refractivity contribution is 8.00. The van der Waals surface area contributed by atoms with E-state index >= 15 is 0 Å². The summed E-state index contributed by atoms with van der Waals surface area (Å²) in [5.74, 6) is 1.26. The van der Waals surface area contributed by atoms with Gasteiger partial charge in [0.25, 0.3) is 0 Å². The van der Waals surface area contributed by atoms with E-state index in [0.29, 0.717) is 24.4 Å². The summed E-state index contributed by atoms with van der Waals surface area (Å²) in [6.07, 6.45) is 2.23. The van der Waals surface area contributed by atoms with Gasteiger partial charge in [0, 0.05) is 30.1 Å². The lowest BCUT2D eigenvalue weighted by molar-refractivity contribution is 0.0244. The Kier molecular flexibility index (Phi) is 7.05. The molecule has 1 fully saturated rings. The van der Waals surface area contributed by atoms with Crippen molar-refractivity contribution in [3.63, 3.8) is 0 Å². The van der Waals surface area contributed by atoms with Crippen molar-refractivity contribution in [1.29, 1.82) is 0 Å². The van der Waals surface area contributed by atoms with Gasteiger partial charge in [0.1, 0.15) is 5.60 Å². The van der Waals surface area contributed by atoms with Gasteiger partial charge in [0.15, 0.2) is 0 Å². The Morgan fingerprint density at radius 2 is 2.16 bits per heavy atom. The van der Waals surface area contributed by atoms with Crippen LogP contribution in [0.2, 0.25) is 0 Å². The minimum absolute atomic E-state index is 0.259. The summed E-state index contributed by atoms with van der Waals surface area (Å²) in [6.45, 7) is 11.2. The molecule has 2 unspecified atom stereocenters. The first-order valence-electron chi connectivity index (χ1n) is 9.23. The molecule has 1 N–H and O–H groups in total. The highest BCUT2D eigenvalue weighted by Crippen LogP contribution is 2.28. The molecule has 0 saturated carbocycles. The standard InChI is InChI=1S/C20H32N2O2S/c1-6-22(19(23)24-20(3,4)5)14-16-9-7-10-17(13-16)21-18-11-8-12-25-15(18)2/h7,9-10,13,15,18,21H,6,8,11-12,14H2,1-5H3. The van der Waals surface area contributed by atoms with Crippen molar-refractivity contribution in [1.82, 2.24) is 4.90 Å². The van der Waals surface area contributed by atoms with Crippen LogP contribution in [0.3, 0.4) is 0 Å². The van der Waals surface area contributed by atoms with Crippen molar-refractivity contribution in [3.05, 3.63) is 29.8 Å². The molecule has 140 valence electrons. The van der Waals surface area contributed by atoms with E-state index in [1.165, 1.54) is 18.6 Å². The van der Waals surface area contributed by atoms with Crippen LogP contribution in [0.1, 0.15) is 53.0 Å². The number of anilines is 1. The maximum Gasteiger partial charge on any atom is 0.410 e. The molecule has 0 aromatic heterocycles. The Hall–Kier alpha value is -1.36. The predicted molar refractivity (Wildman–Crippen MR) is 107 cm³/mol. The molecule has 1 aromatic rings. The average molecular weight is 365 g/mol. The van der Waals surface area contributed by atoms with E-state index in [1.54, 1.807) is 4.90 Å². The number of carbonyl (C=O) groups excluding carboxylic acids is 1. The first-order valence-corrected chi connectivity index (χ1v) is 10.3. The van der Waals surface area contributed by atoms with Crippen LogP contribution in [-0.2, 0) is 11.3 Å². The van der Waals surface area contributed by atoms with Gasteiger partial charge in [-0.1, -0.05) is 19.1 Å². The third kappa shape index (κ3) is 6.46. The van der Waals surface area contributed by atoms with Crippen LogP contribution in [-0.4, -0.2) is 40.2 Å². The number of nitrogens with zero attached hydrogens (tertiary/aromatic N) is 1. The lowest BCUT2D eigenvalue weighted by Gasteiger charge is -2.30. The van der Waals surface area contributed by atoms with E-state index in [2.05, 4.69) is 36.5 Å². The van der Waals surface area contributed by atoms with Crippen LogP contribution in [0.5, 0.6) is 0 Å². The molecule has 4 nitrogen and oxygen atoms in total. The number of hydrogen-bond donors (Lipinski definition) is 1. The lowest BCUT2D eigenvalue weighted by atomic mass is 10.1. The minimum atomic E-state index is -0.470. The zero-order valence-electron chi connectivity index (χ0n) is 16.2. The first kappa shape index (κ1) is 20.0. The highest BCUT2D eigenvalue weighted by atomic mass is 32.2. The molecular formula is C20H32N2O2S. The van der Waals surface area contributed by atoms with Crippen molar-refractivity contribution < 1.29 is 9.53 Å². The van der Waals surface area contributed by atoms with Crippen LogP contribution in [0, 0.1) is 0 Å². The van der Waals surface area contributed by atoms with Crippen molar-refractivity contribution >= 4 is 23.5 Å². The summed E-state index contributed by atoms with van der Waals surface area (Å²) >= 11 is 2.04. The quantitative estimate of drug-likeness (QED) is 0.785. The first-order chi connectivity index (χ1) is 11.8. The molecular weight excluding hydrogens is 332 g/mol. The molecule has 5 heteroatoms. The molecule has 0 radical (unpaired) electrons. The number of thioether (sulfide) groups is 1. The van der Waals surface area contributed by atoms with Gasteiger partial charge in [0.2, 0.25) is 0 Å².